The Labute approximate surface area is 141 Å². The Hall–Kier alpha value is -0.560. The highest BCUT2D eigenvalue weighted by Gasteiger charge is 2.42. The van der Waals surface area contributed by atoms with E-state index in [1.54, 1.807) is 11.8 Å². The highest BCUT2D eigenvalue weighted by atomic mass is 127. The Kier molecular flexibility index (Phi) is 5.49. The number of nitrogens with zero attached hydrogens (tertiary/aromatic N) is 2. The molecule has 1 aliphatic carbocycles. The number of hydrazone groups is 1. The van der Waals surface area contributed by atoms with E-state index in [9.17, 15) is 0 Å². The summed E-state index contributed by atoms with van der Waals surface area (Å²) in [7, 11) is 0. The minimum absolute atomic E-state index is 0. The molecule has 1 aromatic carbocycles. The molecule has 3 rings (SSSR count). The molecule has 1 fully saturated rings. The predicted molar refractivity (Wildman–Crippen MR) is 81.5 cm³/mol. The van der Waals surface area contributed by atoms with Crippen LogP contribution in [0.3, 0.4) is 0 Å². The summed E-state index contributed by atoms with van der Waals surface area (Å²) < 4.78 is 2.05. The lowest BCUT2D eigenvalue weighted by Crippen LogP contribution is -3.00. The van der Waals surface area contributed by atoms with Gasteiger partial charge in [0.15, 0.2) is 6.04 Å². The molecule has 108 valence electrons. The molecular weight excluding hydrogens is 381 g/mol. The second kappa shape index (κ2) is 6.93. The number of rotatable bonds is 1. The molecule has 0 unspecified atom stereocenters. The number of hydrogen-bond donors (Lipinski definition) is 1. The molecule has 0 amide bonds. The first-order valence-corrected chi connectivity index (χ1v) is 8.11. The van der Waals surface area contributed by atoms with Crippen molar-refractivity contribution in [1.29, 1.82) is 0 Å². The third kappa shape index (κ3) is 2.88. The summed E-state index contributed by atoms with van der Waals surface area (Å²) in [4.78, 5) is 0. The van der Waals surface area contributed by atoms with Gasteiger partial charge in [-0.05, 0) is 42.8 Å². The Bertz CT molecular complexity index is 527. The quantitative estimate of drug-likeness (QED) is 0.409. The van der Waals surface area contributed by atoms with Gasteiger partial charge < -0.3 is 24.0 Å². The van der Waals surface area contributed by atoms with Crippen LogP contribution >= 0.6 is 11.8 Å². The van der Waals surface area contributed by atoms with E-state index in [0.717, 1.165) is 11.6 Å². The van der Waals surface area contributed by atoms with Crippen molar-refractivity contribution in [3.63, 3.8) is 0 Å². The second-order valence-corrected chi connectivity index (χ2v) is 6.01. The fraction of sp³-hybridized carbons (Fsp3) is 0.467. The Morgan fingerprint density at radius 1 is 1.30 bits per heavy atom. The first-order chi connectivity index (χ1) is 9.31. The van der Waals surface area contributed by atoms with Crippen molar-refractivity contribution in [3.8, 4) is 0 Å². The van der Waals surface area contributed by atoms with Crippen molar-refractivity contribution in [1.82, 2.24) is 0 Å². The van der Waals surface area contributed by atoms with E-state index in [2.05, 4.69) is 30.3 Å². The zero-order chi connectivity index (χ0) is 13.2. The van der Waals surface area contributed by atoms with Crippen LogP contribution in [-0.4, -0.2) is 21.8 Å². The molecule has 1 saturated carbocycles. The third-order valence-corrected chi connectivity index (χ3v) is 4.69. The zero-order valence-electron chi connectivity index (χ0n) is 11.6. The van der Waals surface area contributed by atoms with Crippen LogP contribution in [0.15, 0.2) is 35.4 Å². The van der Waals surface area contributed by atoms with Crippen molar-refractivity contribution in [2.75, 3.05) is 6.26 Å². The number of nitrogens with two attached hydrogens (primary N) is 1. The topological polar surface area (TPSA) is 41.4 Å². The van der Waals surface area contributed by atoms with Crippen molar-refractivity contribution in [2.24, 2.45) is 16.8 Å². The normalized spacial score (nSPS) is 27.4. The summed E-state index contributed by atoms with van der Waals surface area (Å²) in [6, 6.07) is 10.9. The maximum Gasteiger partial charge on any atom is 0.329 e. The summed E-state index contributed by atoms with van der Waals surface area (Å²) in [5.41, 5.74) is 8.83. The number of hydrogen-bond acceptors (Lipinski definition) is 2. The minimum atomic E-state index is 0. The number of amidine groups is 1. The summed E-state index contributed by atoms with van der Waals surface area (Å²) >= 11 is 1.58. The molecule has 5 heteroatoms. The van der Waals surface area contributed by atoms with E-state index in [1.165, 1.54) is 30.5 Å². The number of fused-ring (bicyclic) bond motifs is 1. The molecule has 2 atom stereocenters. The Balaban J connectivity index is 0.00000147. The molecule has 1 heterocycles. The first-order valence-electron chi connectivity index (χ1n) is 6.89. The average molecular weight is 401 g/mol. The molecule has 1 aromatic rings. The second-order valence-electron chi connectivity index (χ2n) is 5.19. The van der Waals surface area contributed by atoms with Gasteiger partial charge in [-0.1, -0.05) is 41.9 Å². The van der Waals surface area contributed by atoms with Crippen molar-refractivity contribution < 1.29 is 28.7 Å². The molecule has 2 aliphatic rings. The lowest BCUT2D eigenvalue weighted by atomic mass is 9.81. The highest BCUT2D eigenvalue weighted by molar-refractivity contribution is 8.12. The van der Waals surface area contributed by atoms with Crippen molar-refractivity contribution in [2.45, 2.75) is 31.7 Å². The van der Waals surface area contributed by atoms with E-state index < -0.39 is 0 Å². The summed E-state index contributed by atoms with van der Waals surface area (Å²) in [6.07, 6.45) is 6.95. The lowest BCUT2D eigenvalue weighted by Gasteiger charge is -2.22. The fourth-order valence-electron chi connectivity index (χ4n) is 3.16. The average Bonchev–Trinajstić information content (AvgIpc) is 2.86. The van der Waals surface area contributed by atoms with Gasteiger partial charge in [-0.25, -0.2) is 0 Å². The molecule has 20 heavy (non-hydrogen) atoms. The van der Waals surface area contributed by atoms with Gasteiger partial charge in [-0.3, -0.25) is 5.73 Å². The van der Waals surface area contributed by atoms with Gasteiger partial charge in [0.05, 0.1) is 5.71 Å². The third-order valence-electron chi connectivity index (χ3n) is 4.08. The molecule has 2 N–H and O–H groups in total. The van der Waals surface area contributed by atoms with Gasteiger partial charge in [0.1, 0.15) is 0 Å². The van der Waals surface area contributed by atoms with Crippen LogP contribution in [-0.2, 0) is 0 Å². The maximum atomic E-state index is 6.16. The van der Waals surface area contributed by atoms with Crippen LogP contribution in [0.2, 0.25) is 0 Å². The Morgan fingerprint density at radius 3 is 2.75 bits per heavy atom. The lowest BCUT2D eigenvalue weighted by molar-refractivity contribution is -0.571. The predicted octanol–water partition coefficient (Wildman–Crippen LogP) is -0.0183. The van der Waals surface area contributed by atoms with Crippen LogP contribution in [0, 0.1) is 5.92 Å². The smallest absolute Gasteiger partial charge is 0.329 e. The largest absolute Gasteiger partial charge is 1.00 e. The van der Waals surface area contributed by atoms with E-state index in [-0.39, 0.29) is 24.0 Å². The zero-order valence-corrected chi connectivity index (χ0v) is 14.6. The summed E-state index contributed by atoms with van der Waals surface area (Å²) in [5.74, 6) is 0.543. The first kappa shape index (κ1) is 15.8. The molecule has 1 aliphatic heterocycles. The fourth-order valence-corrected chi connectivity index (χ4v) is 3.50. The maximum absolute atomic E-state index is 6.16. The molecule has 0 saturated heterocycles. The van der Waals surface area contributed by atoms with Crippen LogP contribution < -0.4 is 29.7 Å². The molecule has 0 spiro atoms. The summed E-state index contributed by atoms with van der Waals surface area (Å²) in [5, 5.41) is 5.61. The Morgan fingerprint density at radius 2 is 2.05 bits per heavy atom. The van der Waals surface area contributed by atoms with Gasteiger partial charge in [0, 0.05) is 5.92 Å². The molecule has 0 aromatic heterocycles. The van der Waals surface area contributed by atoms with Crippen LogP contribution in [0.1, 0.15) is 37.3 Å². The highest BCUT2D eigenvalue weighted by Crippen LogP contribution is 2.40. The molecule has 0 radical (unpaired) electrons. The van der Waals surface area contributed by atoms with Crippen molar-refractivity contribution in [3.05, 3.63) is 35.9 Å². The van der Waals surface area contributed by atoms with Crippen LogP contribution in [0.25, 0.3) is 0 Å². The standard InChI is InChI=1S/C15H19N3S.HI/c1-19-15(16)18-14(11-7-3-2-4-8-11)12-9-5-6-10-13(12)17-18;/h2-4,7-8,12,14,16H,5-6,9-10H2,1H3;1H/t12-,14-;/m1./s1. The van der Waals surface area contributed by atoms with Crippen LogP contribution in [0.4, 0.5) is 0 Å². The van der Waals surface area contributed by atoms with Crippen LogP contribution in [0.5, 0.6) is 0 Å². The SMILES string of the molecule is CS/C(N)=[N+]1/N=C2CCCC[C@H]2[C@H]1c1ccccc1.[I-]. The molecule has 3 nitrogen and oxygen atoms in total. The molecular formula is C15H20IN3S. The van der Waals surface area contributed by atoms with Gasteiger partial charge in [0.25, 0.3) is 0 Å². The van der Waals surface area contributed by atoms with E-state index >= 15 is 0 Å². The minimum Gasteiger partial charge on any atom is -1.00 e. The number of thioether (sulfide) groups is 1. The number of halogens is 1. The number of benzene rings is 1. The molecule has 0 bridgehead atoms. The van der Waals surface area contributed by atoms with Gasteiger partial charge >= 0.3 is 5.17 Å². The van der Waals surface area contributed by atoms with E-state index in [4.69, 9.17) is 10.8 Å². The monoisotopic (exact) mass is 401 g/mol. The summed E-state index contributed by atoms with van der Waals surface area (Å²) in [6.45, 7) is 0. The van der Waals surface area contributed by atoms with Crippen molar-refractivity contribution >= 4 is 22.6 Å². The van der Waals surface area contributed by atoms with Gasteiger partial charge in [-0.15, -0.1) is 4.68 Å². The van der Waals surface area contributed by atoms with E-state index in [1.807, 2.05) is 10.9 Å². The van der Waals surface area contributed by atoms with E-state index in [0.29, 0.717) is 12.0 Å². The van der Waals surface area contributed by atoms with Gasteiger partial charge in [-0.2, -0.15) is 0 Å². The van der Waals surface area contributed by atoms with Gasteiger partial charge in [0.2, 0.25) is 0 Å².